The molecule has 0 aliphatic rings. The van der Waals surface area contributed by atoms with Crippen LogP contribution < -0.4 is 0 Å². The Morgan fingerprint density at radius 2 is 2.08 bits per heavy atom. The van der Waals surface area contributed by atoms with Crippen LogP contribution in [0.25, 0.3) is 0 Å². The van der Waals surface area contributed by atoms with Crippen molar-refractivity contribution < 1.29 is 18.0 Å². The second-order valence-electron chi connectivity index (χ2n) is 5.95. The lowest BCUT2D eigenvalue weighted by molar-refractivity contribution is -0.137. The molecule has 1 heterocycles. The predicted octanol–water partition coefficient (Wildman–Crippen LogP) is 4.70. The van der Waals surface area contributed by atoms with Crippen LogP contribution in [-0.4, -0.2) is 27.3 Å². The number of amides is 1. The van der Waals surface area contributed by atoms with Crippen LogP contribution in [0.5, 0.6) is 0 Å². The first-order valence-corrected chi connectivity index (χ1v) is 8.50. The first-order valence-electron chi connectivity index (χ1n) is 8.06. The van der Waals surface area contributed by atoms with Crippen LogP contribution in [0.15, 0.2) is 55.3 Å². The highest BCUT2D eigenvalue weighted by atomic mass is 35.5. The minimum atomic E-state index is -4.38. The zero-order valence-electron chi connectivity index (χ0n) is 14.3. The molecule has 1 aromatic carbocycles. The molecular weight excluding hydrogens is 365 g/mol. The van der Waals surface area contributed by atoms with Crippen molar-refractivity contribution in [1.82, 2.24) is 9.47 Å². The van der Waals surface area contributed by atoms with Gasteiger partial charge in [0.1, 0.15) is 5.38 Å². The highest BCUT2D eigenvalue weighted by Crippen LogP contribution is 2.29. The van der Waals surface area contributed by atoms with E-state index in [0.29, 0.717) is 18.7 Å². The molecule has 0 aliphatic carbocycles. The quantitative estimate of drug-likeness (QED) is 0.502. The maximum atomic E-state index is 12.9. The van der Waals surface area contributed by atoms with Gasteiger partial charge in [0.2, 0.25) is 5.91 Å². The van der Waals surface area contributed by atoms with Gasteiger partial charge in [-0.25, -0.2) is 0 Å². The molecule has 2 rings (SSSR count). The van der Waals surface area contributed by atoms with Gasteiger partial charge in [-0.15, -0.1) is 18.2 Å². The van der Waals surface area contributed by atoms with Gasteiger partial charge in [-0.3, -0.25) is 4.79 Å². The Bertz CT molecular complexity index is 768. The highest BCUT2D eigenvalue weighted by Gasteiger charge is 2.30. The topological polar surface area (TPSA) is 25.2 Å². The third-order valence-electron chi connectivity index (χ3n) is 3.89. The summed E-state index contributed by atoms with van der Waals surface area (Å²) in [5.74, 6) is -0.224. The fourth-order valence-electron chi connectivity index (χ4n) is 2.63. The summed E-state index contributed by atoms with van der Waals surface area (Å²) in [5.41, 5.74) is 0.655. The van der Waals surface area contributed by atoms with E-state index in [1.54, 1.807) is 36.2 Å². The summed E-state index contributed by atoms with van der Waals surface area (Å²) in [6.45, 7) is 6.16. The van der Waals surface area contributed by atoms with Gasteiger partial charge in [-0.2, -0.15) is 13.2 Å². The van der Waals surface area contributed by atoms with E-state index in [1.807, 2.05) is 10.6 Å². The number of alkyl halides is 4. The third kappa shape index (κ3) is 5.14. The molecule has 140 valence electrons. The van der Waals surface area contributed by atoms with Crippen molar-refractivity contribution in [1.29, 1.82) is 0 Å². The maximum absolute atomic E-state index is 12.9. The predicted molar refractivity (Wildman–Crippen MR) is 95.9 cm³/mol. The van der Waals surface area contributed by atoms with E-state index in [-0.39, 0.29) is 12.5 Å². The summed E-state index contributed by atoms with van der Waals surface area (Å²) in [6.07, 6.45) is -0.993. The van der Waals surface area contributed by atoms with Crippen molar-refractivity contribution in [3.05, 3.63) is 72.1 Å². The number of benzene rings is 1. The van der Waals surface area contributed by atoms with Crippen molar-refractivity contribution in [2.75, 3.05) is 6.54 Å². The molecule has 26 heavy (non-hydrogen) atoms. The van der Waals surface area contributed by atoms with E-state index >= 15 is 0 Å². The number of aromatic nitrogens is 1. The minimum absolute atomic E-state index is 0.224. The summed E-state index contributed by atoms with van der Waals surface area (Å²) >= 11 is 5.89. The second kappa shape index (κ2) is 8.45. The Balaban J connectivity index is 2.20. The van der Waals surface area contributed by atoms with Crippen LogP contribution in [0.1, 0.15) is 23.7 Å². The van der Waals surface area contributed by atoms with Gasteiger partial charge in [0, 0.05) is 25.0 Å². The molecular formula is C19H20ClF3N2O. The van der Waals surface area contributed by atoms with Crippen molar-refractivity contribution in [2.45, 2.75) is 31.6 Å². The van der Waals surface area contributed by atoms with Gasteiger partial charge >= 0.3 is 6.18 Å². The van der Waals surface area contributed by atoms with Crippen LogP contribution in [0.4, 0.5) is 13.2 Å². The number of halogens is 4. The minimum Gasteiger partial charge on any atom is -0.345 e. The largest absolute Gasteiger partial charge is 0.416 e. The molecule has 0 aliphatic heterocycles. The average Bonchev–Trinajstić information content (AvgIpc) is 3.00. The fraction of sp³-hybridized carbons (Fsp3) is 0.316. The van der Waals surface area contributed by atoms with Gasteiger partial charge < -0.3 is 9.47 Å². The van der Waals surface area contributed by atoms with E-state index in [4.69, 9.17) is 11.6 Å². The maximum Gasteiger partial charge on any atom is 0.416 e. The molecule has 1 amide bonds. The fourth-order valence-corrected chi connectivity index (χ4v) is 2.76. The Morgan fingerprint density at radius 1 is 1.35 bits per heavy atom. The molecule has 0 radical (unpaired) electrons. The molecule has 2 aromatic rings. The smallest absolute Gasteiger partial charge is 0.345 e. The number of rotatable bonds is 7. The monoisotopic (exact) mass is 384 g/mol. The zero-order valence-corrected chi connectivity index (χ0v) is 15.1. The lowest BCUT2D eigenvalue weighted by Gasteiger charge is -2.23. The van der Waals surface area contributed by atoms with Crippen molar-refractivity contribution >= 4 is 17.5 Å². The van der Waals surface area contributed by atoms with Crippen LogP contribution in [0.2, 0.25) is 0 Å². The lowest BCUT2D eigenvalue weighted by atomic mass is 10.1. The molecule has 0 spiro atoms. The molecule has 7 heteroatoms. The SMILES string of the molecule is C=CCN(Cc1cccn1Cc1cccc(C(F)(F)F)c1)C(=O)C(C)Cl. The van der Waals surface area contributed by atoms with Crippen LogP contribution >= 0.6 is 11.6 Å². The summed E-state index contributed by atoms with van der Waals surface area (Å²) in [7, 11) is 0. The van der Waals surface area contributed by atoms with Crippen LogP contribution in [0, 0.1) is 0 Å². The third-order valence-corrected chi connectivity index (χ3v) is 4.07. The molecule has 3 nitrogen and oxygen atoms in total. The summed E-state index contributed by atoms with van der Waals surface area (Å²) in [5, 5.41) is -0.665. The van der Waals surface area contributed by atoms with E-state index in [1.165, 1.54) is 6.07 Å². The van der Waals surface area contributed by atoms with E-state index in [2.05, 4.69) is 6.58 Å². The van der Waals surface area contributed by atoms with Gasteiger partial charge in [0.05, 0.1) is 12.1 Å². The second-order valence-corrected chi connectivity index (χ2v) is 6.60. The Labute approximate surface area is 155 Å². The standard InChI is InChI=1S/C19H20ClF3N2O/c1-3-9-25(18(26)14(2)20)13-17-8-5-10-24(17)12-15-6-4-7-16(11-15)19(21,22)23/h3-8,10-11,14H,1,9,12-13H2,2H3. The van der Waals surface area contributed by atoms with Crippen LogP contribution in [0.3, 0.4) is 0 Å². The molecule has 1 atom stereocenters. The molecule has 0 N–H and O–H groups in total. The average molecular weight is 385 g/mol. The van der Waals surface area contributed by atoms with E-state index in [0.717, 1.165) is 17.8 Å². The molecule has 1 unspecified atom stereocenters. The zero-order chi connectivity index (χ0) is 19.3. The Kier molecular flexibility index (Phi) is 6.53. The van der Waals surface area contributed by atoms with E-state index in [9.17, 15) is 18.0 Å². The molecule has 0 saturated carbocycles. The van der Waals surface area contributed by atoms with Crippen molar-refractivity contribution in [2.24, 2.45) is 0 Å². The van der Waals surface area contributed by atoms with Gasteiger partial charge in [-0.05, 0) is 36.8 Å². The van der Waals surface area contributed by atoms with Crippen LogP contribution in [-0.2, 0) is 24.1 Å². The van der Waals surface area contributed by atoms with Gasteiger partial charge in [0.25, 0.3) is 0 Å². The molecule has 0 fully saturated rings. The van der Waals surface area contributed by atoms with Gasteiger partial charge in [-0.1, -0.05) is 18.2 Å². The lowest BCUT2D eigenvalue weighted by Crippen LogP contribution is -2.36. The first kappa shape index (κ1) is 20.1. The highest BCUT2D eigenvalue weighted by molar-refractivity contribution is 6.30. The Morgan fingerprint density at radius 3 is 2.69 bits per heavy atom. The van der Waals surface area contributed by atoms with Crippen molar-refractivity contribution in [3.63, 3.8) is 0 Å². The van der Waals surface area contributed by atoms with Gasteiger partial charge in [0.15, 0.2) is 0 Å². The number of hydrogen-bond acceptors (Lipinski definition) is 1. The van der Waals surface area contributed by atoms with E-state index < -0.39 is 17.1 Å². The Hall–Kier alpha value is -2.21. The molecule has 0 saturated heterocycles. The number of carbonyl (C=O) groups excluding carboxylic acids is 1. The summed E-state index contributed by atoms with van der Waals surface area (Å²) in [4.78, 5) is 13.8. The summed E-state index contributed by atoms with van der Waals surface area (Å²) < 4.78 is 40.4. The van der Waals surface area contributed by atoms with Crippen molar-refractivity contribution in [3.8, 4) is 0 Å². The molecule has 1 aromatic heterocycles. The summed E-state index contributed by atoms with van der Waals surface area (Å²) in [6, 6.07) is 8.85. The normalized spacial score (nSPS) is 12.7. The number of nitrogens with zero attached hydrogens (tertiary/aromatic N) is 2. The number of hydrogen-bond donors (Lipinski definition) is 0. The first-order chi connectivity index (χ1) is 12.2. The number of carbonyl (C=O) groups is 1. The molecule has 0 bridgehead atoms.